The number of nitrogens with one attached hydrogen (secondary N) is 1. The monoisotopic (exact) mass is 451 g/mol. The van der Waals surface area contributed by atoms with Gasteiger partial charge in [-0.25, -0.2) is 0 Å². The number of anilines is 1. The molecule has 0 saturated carbocycles. The van der Waals surface area contributed by atoms with Crippen molar-refractivity contribution in [3.05, 3.63) is 80.8 Å². The summed E-state index contributed by atoms with van der Waals surface area (Å²) in [5.74, 6) is 1.82. The SMILES string of the molecule is COc1ccc(NCc2cc(Cl)c(OCc3ccc(Cl)cc3Cl)c(OC)c2)cc1. The number of rotatable bonds is 8. The van der Waals surface area contributed by atoms with E-state index in [-0.39, 0.29) is 6.61 Å². The summed E-state index contributed by atoms with van der Waals surface area (Å²) in [4.78, 5) is 0. The van der Waals surface area contributed by atoms with Crippen molar-refractivity contribution >= 4 is 40.5 Å². The molecule has 1 N–H and O–H groups in total. The minimum Gasteiger partial charge on any atom is -0.497 e. The minimum atomic E-state index is 0.246. The molecule has 0 radical (unpaired) electrons. The maximum atomic E-state index is 6.46. The normalized spacial score (nSPS) is 10.5. The summed E-state index contributed by atoms with van der Waals surface area (Å²) in [5, 5.41) is 4.91. The first-order valence-corrected chi connectivity index (χ1v) is 9.94. The van der Waals surface area contributed by atoms with Gasteiger partial charge in [0.15, 0.2) is 11.5 Å². The Morgan fingerprint density at radius 1 is 0.828 bits per heavy atom. The Hall–Kier alpha value is -2.27. The zero-order valence-electron chi connectivity index (χ0n) is 16.0. The van der Waals surface area contributed by atoms with Crippen LogP contribution in [0.2, 0.25) is 15.1 Å². The van der Waals surface area contributed by atoms with Crippen LogP contribution in [0.5, 0.6) is 17.2 Å². The molecular formula is C22H20Cl3NO3. The third kappa shape index (κ3) is 5.63. The van der Waals surface area contributed by atoms with Gasteiger partial charge in [-0.3, -0.25) is 0 Å². The Kier molecular flexibility index (Phi) is 7.37. The van der Waals surface area contributed by atoms with Crippen LogP contribution >= 0.6 is 34.8 Å². The first kappa shape index (κ1) is 21.4. The van der Waals surface area contributed by atoms with Gasteiger partial charge in [-0.15, -0.1) is 0 Å². The molecule has 152 valence electrons. The molecule has 0 aliphatic heterocycles. The third-order valence-corrected chi connectivity index (χ3v) is 5.13. The molecule has 0 saturated heterocycles. The first-order chi connectivity index (χ1) is 14.0. The fraction of sp³-hybridized carbons (Fsp3) is 0.182. The van der Waals surface area contributed by atoms with Crippen molar-refractivity contribution in [1.82, 2.24) is 0 Å². The second kappa shape index (κ2) is 9.97. The molecule has 0 spiro atoms. The molecule has 0 aliphatic carbocycles. The van der Waals surface area contributed by atoms with Gasteiger partial charge in [0.2, 0.25) is 0 Å². The summed E-state index contributed by atoms with van der Waals surface area (Å²) in [5.41, 5.74) is 2.73. The van der Waals surface area contributed by atoms with E-state index in [2.05, 4.69) is 5.32 Å². The van der Waals surface area contributed by atoms with Gasteiger partial charge in [-0.05, 0) is 54.1 Å². The zero-order chi connectivity index (χ0) is 20.8. The number of hydrogen-bond donors (Lipinski definition) is 1. The maximum absolute atomic E-state index is 6.46. The van der Waals surface area contributed by atoms with E-state index in [1.807, 2.05) is 42.5 Å². The minimum absolute atomic E-state index is 0.246. The smallest absolute Gasteiger partial charge is 0.180 e. The lowest BCUT2D eigenvalue weighted by atomic mass is 10.2. The highest BCUT2D eigenvalue weighted by atomic mass is 35.5. The Balaban J connectivity index is 1.70. The zero-order valence-corrected chi connectivity index (χ0v) is 18.2. The van der Waals surface area contributed by atoms with Gasteiger partial charge in [0.1, 0.15) is 12.4 Å². The molecule has 0 heterocycles. The molecule has 0 atom stereocenters. The molecule has 3 aromatic carbocycles. The molecule has 0 aliphatic rings. The topological polar surface area (TPSA) is 39.7 Å². The van der Waals surface area contributed by atoms with Gasteiger partial charge in [-0.1, -0.05) is 40.9 Å². The summed E-state index contributed by atoms with van der Waals surface area (Å²) in [6.07, 6.45) is 0. The molecular weight excluding hydrogens is 433 g/mol. The van der Waals surface area contributed by atoms with Crippen molar-refractivity contribution in [2.24, 2.45) is 0 Å². The van der Waals surface area contributed by atoms with Crippen molar-refractivity contribution in [2.45, 2.75) is 13.2 Å². The van der Waals surface area contributed by atoms with Gasteiger partial charge < -0.3 is 19.5 Å². The predicted molar refractivity (Wildman–Crippen MR) is 119 cm³/mol. The van der Waals surface area contributed by atoms with Crippen molar-refractivity contribution in [1.29, 1.82) is 0 Å². The molecule has 7 heteroatoms. The Labute approximate surface area is 185 Å². The average Bonchev–Trinajstić information content (AvgIpc) is 2.72. The van der Waals surface area contributed by atoms with Crippen LogP contribution in [0.4, 0.5) is 5.69 Å². The van der Waals surface area contributed by atoms with E-state index in [4.69, 9.17) is 49.0 Å². The van der Waals surface area contributed by atoms with E-state index in [1.54, 1.807) is 26.4 Å². The number of hydrogen-bond acceptors (Lipinski definition) is 4. The molecule has 3 rings (SSSR count). The first-order valence-electron chi connectivity index (χ1n) is 8.81. The average molecular weight is 453 g/mol. The summed E-state index contributed by atoms with van der Waals surface area (Å²) in [6.45, 7) is 0.821. The quantitative estimate of drug-likeness (QED) is 0.405. The molecule has 0 unspecified atom stereocenters. The third-order valence-electron chi connectivity index (χ3n) is 4.26. The highest BCUT2D eigenvalue weighted by Crippen LogP contribution is 2.37. The van der Waals surface area contributed by atoms with Gasteiger partial charge in [0, 0.05) is 27.8 Å². The van der Waals surface area contributed by atoms with Crippen LogP contribution in [0.25, 0.3) is 0 Å². The van der Waals surface area contributed by atoms with Crippen LogP contribution in [0.1, 0.15) is 11.1 Å². The number of halogens is 3. The lowest BCUT2D eigenvalue weighted by Gasteiger charge is -2.15. The molecule has 0 amide bonds. The predicted octanol–water partition coefficient (Wildman–Crippen LogP) is 6.86. The van der Waals surface area contributed by atoms with Crippen LogP contribution in [-0.4, -0.2) is 14.2 Å². The molecule has 0 bridgehead atoms. The van der Waals surface area contributed by atoms with E-state index in [9.17, 15) is 0 Å². The Bertz CT molecular complexity index is 978. The highest BCUT2D eigenvalue weighted by molar-refractivity contribution is 6.35. The van der Waals surface area contributed by atoms with Crippen molar-refractivity contribution in [3.63, 3.8) is 0 Å². The van der Waals surface area contributed by atoms with Crippen LogP contribution in [0.15, 0.2) is 54.6 Å². The Morgan fingerprint density at radius 2 is 1.59 bits per heavy atom. The van der Waals surface area contributed by atoms with Crippen LogP contribution in [-0.2, 0) is 13.2 Å². The maximum Gasteiger partial charge on any atom is 0.180 e. The fourth-order valence-electron chi connectivity index (χ4n) is 2.72. The summed E-state index contributed by atoms with van der Waals surface area (Å²) >= 11 is 18.6. The van der Waals surface area contributed by atoms with E-state index >= 15 is 0 Å². The summed E-state index contributed by atoms with van der Waals surface area (Å²) in [7, 11) is 3.22. The van der Waals surface area contributed by atoms with Crippen molar-refractivity contribution in [2.75, 3.05) is 19.5 Å². The van der Waals surface area contributed by atoms with E-state index < -0.39 is 0 Å². The highest BCUT2D eigenvalue weighted by Gasteiger charge is 2.13. The number of ether oxygens (including phenoxy) is 3. The van der Waals surface area contributed by atoms with Gasteiger partial charge in [0.25, 0.3) is 0 Å². The Morgan fingerprint density at radius 3 is 2.24 bits per heavy atom. The standard InChI is InChI=1S/C22H20Cl3NO3/c1-27-18-7-5-17(6-8-18)26-12-14-9-20(25)22(21(10-14)28-2)29-13-15-3-4-16(23)11-19(15)24/h3-11,26H,12-13H2,1-2H3. The fourth-order valence-corrected chi connectivity index (χ4v) is 3.47. The van der Waals surface area contributed by atoms with Crippen molar-refractivity contribution in [3.8, 4) is 17.2 Å². The van der Waals surface area contributed by atoms with Crippen LogP contribution in [0.3, 0.4) is 0 Å². The number of benzene rings is 3. The lowest BCUT2D eigenvalue weighted by Crippen LogP contribution is -2.03. The van der Waals surface area contributed by atoms with Gasteiger partial charge in [0.05, 0.1) is 19.2 Å². The van der Waals surface area contributed by atoms with Crippen LogP contribution in [0, 0.1) is 0 Å². The summed E-state index contributed by atoms with van der Waals surface area (Å²) in [6, 6.07) is 16.7. The lowest BCUT2D eigenvalue weighted by molar-refractivity contribution is 0.284. The molecule has 0 fully saturated rings. The molecule has 3 aromatic rings. The molecule has 4 nitrogen and oxygen atoms in total. The second-order valence-corrected chi connectivity index (χ2v) is 7.47. The largest absolute Gasteiger partial charge is 0.497 e. The second-order valence-electron chi connectivity index (χ2n) is 6.22. The van der Waals surface area contributed by atoms with E-state index in [0.717, 1.165) is 22.6 Å². The molecule has 0 aromatic heterocycles. The van der Waals surface area contributed by atoms with E-state index in [1.165, 1.54) is 0 Å². The van der Waals surface area contributed by atoms with Crippen LogP contribution < -0.4 is 19.5 Å². The van der Waals surface area contributed by atoms with Gasteiger partial charge in [-0.2, -0.15) is 0 Å². The molecule has 29 heavy (non-hydrogen) atoms. The number of methoxy groups -OCH3 is 2. The van der Waals surface area contributed by atoms with E-state index in [0.29, 0.717) is 33.1 Å². The summed E-state index contributed by atoms with van der Waals surface area (Å²) < 4.78 is 16.5. The van der Waals surface area contributed by atoms with Crippen molar-refractivity contribution < 1.29 is 14.2 Å². The van der Waals surface area contributed by atoms with Gasteiger partial charge >= 0.3 is 0 Å².